The van der Waals surface area contributed by atoms with Gasteiger partial charge in [-0.3, -0.25) is 24.1 Å². The van der Waals surface area contributed by atoms with E-state index < -0.39 is 77.8 Å². The standard InChI is InChI=1S/C13H18N4O9/c18-2-5(21)7-12(25)17(1-4(20)9(23)6(22)3-19)10-8(14-7)11(24)16-13(26)15-10/h4-6,9,18-23H,1-3H2,(H2,15,16,24,26)/t4-,5?,6+,9-/m0/s1. The fraction of sp³-hybridized carbons (Fsp3) is 0.538. The Morgan fingerprint density at radius 2 is 1.62 bits per heavy atom. The molecule has 0 aliphatic heterocycles. The van der Waals surface area contributed by atoms with Crippen LogP contribution >= 0.6 is 0 Å². The third kappa shape index (κ3) is 3.72. The minimum Gasteiger partial charge on any atom is -0.394 e. The molecular weight excluding hydrogens is 356 g/mol. The molecular formula is C13H18N4O9. The van der Waals surface area contributed by atoms with Crippen molar-refractivity contribution in [2.75, 3.05) is 13.2 Å². The van der Waals surface area contributed by atoms with Crippen molar-refractivity contribution in [3.63, 3.8) is 0 Å². The van der Waals surface area contributed by atoms with Crippen molar-refractivity contribution in [3.05, 3.63) is 36.9 Å². The van der Waals surface area contributed by atoms with Crippen molar-refractivity contribution in [1.82, 2.24) is 19.5 Å². The Kier molecular flexibility index (Phi) is 6.01. The van der Waals surface area contributed by atoms with Gasteiger partial charge in [0.15, 0.2) is 5.52 Å². The van der Waals surface area contributed by atoms with Crippen LogP contribution in [0.4, 0.5) is 0 Å². The molecule has 0 saturated heterocycles. The zero-order chi connectivity index (χ0) is 19.6. The average Bonchev–Trinajstić information content (AvgIpc) is 2.61. The summed E-state index contributed by atoms with van der Waals surface area (Å²) in [6, 6.07) is 0. The molecule has 0 saturated carbocycles. The Labute approximate surface area is 143 Å². The predicted octanol–water partition coefficient (Wildman–Crippen LogP) is -5.13. The van der Waals surface area contributed by atoms with E-state index in [0.29, 0.717) is 4.57 Å². The number of hydrogen-bond acceptors (Lipinski definition) is 10. The Hall–Kier alpha value is -2.42. The van der Waals surface area contributed by atoms with Crippen LogP contribution in [0.3, 0.4) is 0 Å². The zero-order valence-electron chi connectivity index (χ0n) is 13.2. The number of H-pyrrole nitrogens is 2. The SMILES string of the molecule is O=c1[nH]c(=O)c2nc(C(O)CO)c(=O)n(C[C@H](O)[C@H](O)[C@H](O)CO)c2[nH]1. The molecule has 8 N–H and O–H groups in total. The number of fused-ring (bicyclic) bond motifs is 1. The van der Waals surface area contributed by atoms with Gasteiger partial charge in [0.25, 0.3) is 11.1 Å². The second kappa shape index (κ2) is 7.86. The third-order valence-electron chi connectivity index (χ3n) is 3.70. The van der Waals surface area contributed by atoms with Crippen LogP contribution in [-0.2, 0) is 6.54 Å². The summed E-state index contributed by atoms with van der Waals surface area (Å²) in [4.78, 5) is 43.6. The molecule has 0 aliphatic rings. The zero-order valence-corrected chi connectivity index (χ0v) is 13.2. The Morgan fingerprint density at radius 1 is 0.962 bits per heavy atom. The highest BCUT2D eigenvalue weighted by atomic mass is 16.4. The highest BCUT2D eigenvalue weighted by Crippen LogP contribution is 2.10. The van der Waals surface area contributed by atoms with Gasteiger partial charge < -0.3 is 30.6 Å². The maximum absolute atomic E-state index is 12.5. The molecule has 1 unspecified atom stereocenters. The maximum atomic E-state index is 12.5. The van der Waals surface area contributed by atoms with E-state index in [-0.39, 0.29) is 0 Å². The number of aromatic nitrogens is 4. The minimum absolute atomic E-state index is 0.401. The normalized spacial score (nSPS) is 16.4. The van der Waals surface area contributed by atoms with Crippen molar-refractivity contribution in [2.24, 2.45) is 0 Å². The van der Waals surface area contributed by atoms with Crippen molar-refractivity contribution in [2.45, 2.75) is 31.0 Å². The summed E-state index contributed by atoms with van der Waals surface area (Å²) >= 11 is 0. The Bertz CT molecular complexity index is 949. The van der Waals surface area contributed by atoms with Crippen LogP contribution in [-0.4, -0.2) is 81.7 Å². The molecule has 26 heavy (non-hydrogen) atoms. The fourth-order valence-electron chi connectivity index (χ4n) is 2.31. The summed E-state index contributed by atoms with van der Waals surface area (Å²) in [6.07, 6.45) is -7.09. The fourth-order valence-corrected chi connectivity index (χ4v) is 2.31. The first kappa shape index (κ1) is 19.9. The molecule has 2 aromatic rings. The van der Waals surface area contributed by atoms with Crippen molar-refractivity contribution < 1.29 is 30.6 Å². The quantitative estimate of drug-likeness (QED) is 0.230. The van der Waals surface area contributed by atoms with E-state index in [1.807, 2.05) is 4.98 Å². The molecule has 2 rings (SSSR count). The van der Waals surface area contributed by atoms with Crippen LogP contribution < -0.4 is 16.8 Å². The first-order chi connectivity index (χ1) is 12.2. The third-order valence-corrected chi connectivity index (χ3v) is 3.70. The van der Waals surface area contributed by atoms with Gasteiger partial charge in [0, 0.05) is 0 Å². The molecule has 0 aromatic carbocycles. The van der Waals surface area contributed by atoms with Crippen LogP contribution in [0.2, 0.25) is 0 Å². The topological polar surface area (TPSA) is 222 Å². The van der Waals surface area contributed by atoms with Crippen LogP contribution in [0.5, 0.6) is 0 Å². The lowest BCUT2D eigenvalue weighted by molar-refractivity contribution is -0.0806. The summed E-state index contributed by atoms with van der Waals surface area (Å²) in [5, 5.41) is 56.7. The summed E-state index contributed by atoms with van der Waals surface area (Å²) in [5.74, 6) is 0. The summed E-state index contributed by atoms with van der Waals surface area (Å²) in [7, 11) is 0. The first-order valence-corrected chi connectivity index (χ1v) is 7.42. The van der Waals surface area contributed by atoms with Gasteiger partial charge in [0.05, 0.1) is 19.8 Å². The molecule has 0 bridgehead atoms. The summed E-state index contributed by atoms with van der Waals surface area (Å²) in [6.45, 7) is -2.47. The monoisotopic (exact) mass is 374 g/mol. The van der Waals surface area contributed by atoms with Crippen molar-refractivity contribution in [1.29, 1.82) is 0 Å². The van der Waals surface area contributed by atoms with Crippen LogP contribution in [0, 0.1) is 0 Å². The van der Waals surface area contributed by atoms with E-state index >= 15 is 0 Å². The van der Waals surface area contributed by atoms with E-state index in [2.05, 4.69) is 9.97 Å². The smallest absolute Gasteiger partial charge is 0.327 e. The number of aliphatic hydroxyl groups excluding tert-OH is 6. The van der Waals surface area contributed by atoms with E-state index in [9.17, 15) is 34.8 Å². The molecule has 2 heterocycles. The van der Waals surface area contributed by atoms with Gasteiger partial charge in [0.1, 0.15) is 35.8 Å². The molecule has 0 amide bonds. The molecule has 0 fully saturated rings. The van der Waals surface area contributed by atoms with Gasteiger partial charge in [-0.25, -0.2) is 9.78 Å². The second-order valence-corrected chi connectivity index (χ2v) is 5.52. The Balaban J connectivity index is 2.69. The molecule has 13 heteroatoms. The molecule has 4 atom stereocenters. The molecule has 144 valence electrons. The number of aromatic amines is 2. The van der Waals surface area contributed by atoms with Crippen molar-refractivity contribution in [3.8, 4) is 0 Å². The minimum atomic E-state index is -1.85. The molecule has 0 aliphatic carbocycles. The van der Waals surface area contributed by atoms with Gasteiger partial charge in [-0.05, 0) is 0 Å². The number of rotatable bonds is 7. The van der Waals surface area contributed by atoms with Gasteiger partial charge >= 0.3 is 5.69 Å². The van der Waals surface area contributed by atoms with E-state index in [0.717, 1.165) is 0 Å². The van der Waals surface area contributed by atoms with Gasteiger partial charge in [0.2, 0.25) is 0 Å². The first-order valence-electron chi connectivity index (χ1n) is 7.42. The predicted molar refractivity (Wildman–Crippen MR) is 84.4 cm³/mol. The highest BCUT2D eigenvalue weighted by Gasteiger charge is 2.27. The average molecular weight is 374 g/mol. The second-order valence-electron chi connectivity index (χ2n) is 5.52. The largest absolute Gasteiger partial charge is 0.394 e. The van der Waals surface area contributed by atoms with Gasteiger partial charge in [-0.15, -0.1) is 0 Å². The lowest BCUT2D eigenvalue weighted by Gasteiger charge is -2.23. The van der Waals surface area contributed by atoms with E-state index in [1.165, 1.54) is 0 Å². The number of aliphatic hydroxyl groups is 6. The van der Waals surface area contributed by atoms with Crippen molar-refractivity contribution >= 4 is 11.2 Å². The maximum Gasteiger partial charge on any atom is 0.327 e. The lowest BCUT2D eigenvalue weighted by atomic mass is 10.1. The number of hydrogen-bond donors (Lipinski definition) is 8. The van der Waals surface area contributed by atoms with Crippen LogP contribution in [0.15, 0.2) is 14.4 Å². The van der Waals surface area contributed by atoms with Gasteiger partial charge in [-0.2, -0.15) is 0 Å². The molecule has 2 aromatic heterocycles. The van der Waals surface area contributed by atoms with Gasteiger partial charge in [-0.1, -0.05) is 0 Å². The molecule has 13 nitrogen and oxygen atoms in total. The summed E-state index contributed by atoms with van der Waals surface area (Å²) in [5.41, 5.74) is -4.50. The summed E-state index contributed by atoms with van der Waals surface area (Å²) < 4.78 is 0.658. The van der Waals surface area contributed by atoms with Crippen LogP contribution in [0.25, 0.3) is 11.2 Å². The molecule has 0 spiro atoms. The lowest BCUT2D eigenvalue weighted by Crippen LogP contribution is -2.44. The number of nitrogens with zero attached hydrogens (tertiary/aromatic N) is 2. The molecule has 0 radical (unpaired) electrons. The van der Waals surface area contributed by atoms with E-state index in [1.54, 1.807) is 0 Å². The van der Waals surface area contributed by atoms with Crippen LogP contribution in [0.1, 0.15) is 11.8 Å². The van der Waals surface area contributed by atoms with E-state index in [4.69, 9.17) is 10.2 Å². The highest BCUT2D eigenvalue weighted by molar-refractivity contribution is 5.68. The Morgan fingerprint density at radius 3 is 2.19 bits per heavy atom. The number of nitrogens with one attached hydrogen (secondary N) is 2.